The lowest BCUT2D eigenvalue weighted by molar-refractivity contribution is -0.133. The Morgan fingerprint density at radius 3 is 2.31 bits per heavy atom. The fourth-order valence-electron chi connectivity index (χ4n) is 8.01. The molecule has 0 saturated carbocycles. The third kappa shape index (κ3) is 9.16. The van der Waals surface area contributed by atoms with Gasteiger partial charge in [0.05, 0.1) is 16.9 Å². The maximum atomic E-state index is 15.6. The number of pyridine rings is 2. The molecule has 4 amide bonds. The van der Waals surface area contributed by atoms with E-state index in [1.54, 1.807) is 42.4 Å². The molecule has 21 heteroatoms. The van der Waals surface area contributed by atoms with Crippen LogP contribution in [0.15, 0.2) is 67.1 Å². The van der Waals surface area contributed by atoms with Gasteiger partial charge in [-0.3, -0.25) is 24.4 Å². The van der Waals surface area contributed by atoms with Gasteiger partial charge in [-0.05, 0) is 67.8 Å². The number of hydrogen-bond acceptors (Lipinski definition) is 11. The maximum Gasteiger partial charge on any atom is 0.317 e. The Balaban J connectivity index is 0.839. The first-order valence-electron chi connectivity index (χ1n) is 20.8. The molecule has 0 radical (unpaired) electrons. The Bertz CT molecular complexity index is 2720. The molecule has 0 spiro atoms. The molecule has 0 aliphatic carbocycles. The maximum absolute atomic E-state index is 15.6. The number of nitrogens with one attached hydrogen (secondary N) is 5. The minimum atomic E-state index is -4.16. The third-order valence-electron chi connectivity index (χ3n) is 11.9. The molecule has 2 aromatic carbocycles. The van der Waals surface area contributed by atoms with Gasteiger partial charge in [0.2, 0.25) is 17.6 Å². The second-order valence-electron chi connectivity index (χ2n) is 15.9. The molecule has 6 heterocycles. The molecular weight excluding hydrogens is 856 g/mol. The van der Waals surface area contributed by atoms with Crippen molar-refractivity contribution >= 4 is 67.8 Å². The van der Waals surface area contributed by atoms with Gasteiger partial charge in [-0.1, -0.05) is 6.92 Å². The van der Waals surface area contributed by atoms with Crippen molar-refractivity contribution in [3.63, 3.8) is 0 Å². The van der Waals surface area contributed by atoms with Crippen molar-refractivity contribution in [3.8, 4) is 11.1 Å². The number of hydrogen-bond donors (Lipinski definition) is 5. The zero-order valence-corrected chi connectivity index (χ0v) is 35.8. The number of amides is 4. The van der Waals surface area contributed by atoms with Crippen molar-refractivity contribution < 1.29 is 40.8 Å². The largest absolute Gasteiger partial charge is 0.374 e. The van der Waals surface area contributed by atoms with E-state index in [1.807, 2.05) is 17.0 Å². The summed E-state index contributed by atoms with van der Waals surface area (Å²) in [6, 6.07) is 11.0. The number of aromatic nitrogens is 3. The predicted molar refractivity (Wildman–Crippen MR) is 234 cm³/mol. The summed E-state index contributed by atoms with van der Waals surface area (Å²) >= 11 is 0. The summed E-state index contributed by atoms with van der Waals surface area (Å²) < 4.78 is 73.9. The van der Waals surface area contributed by atoms with E-state index in [0.29, 0.717) is 97.9 Å². The monoisotopic (exact) mass is 901 g/mol. The minimum absolute atomic E-state index is 0.0645. The molecule has 3 aromatic heterocycles. The van der Waals surface area contributed by atoms with Crippen LogP contribution >= 0.6 is 0 Å². The summed E-state index contributed by atoms with van der Waals surface area (Å²) in [5.74, 6) is -3.99. The summed E-state index contributed by atoms with van der Waals surface area (Å²) in [5.41, 5.74) is 0.883. The third-order valence-corrected chi connectivity index (χ3v) is 13.4. The topological polar surface area (TPSA) is 205 Å². The number of halogens is 3. The van der Waals surface area contributed by atoms with E-state index in [2.05, 4.69) is 40.5 Å². The number of imide groups is 1. The van der Waals surface area contributed by atoms with Crippen molar-refractivity contribution in [1.82, 2.24) is 34.8 Å². The van der Waals surface area contributed by atoms with Crippen LogP contribution in [0.4, 0.5) is 40.8 Å². The highest BCUT2D eigenvalue weighted by atomic mass is 32.2. The minimum Gasteiger partial charge on any atom is -0.374 e. The van der Waals surface area contributed by atoms with E-state index >= 15 is 13.2 Å². The van der Waals surface area contributed by atoms with Crippen LogP contribution in [0.25, 0.3) is 22.2 Å². The number of urea groups is 1. The van der Waals surface area contributed by atoms with Crippen LogP contribution in [0.1, 0.15) is 48.5 Å². The Morgan fingerprint density at radius 1 is 0.875 bits per heavy atom. The van der Waals surface area contributed by atoms with Crippen LogP contribution in [0, 0.1) is 17.5 Å². The predicted octanol–water partition coefficient (Wildman–Crippen LogP) is 4.60. The molecule has 3 saturated heterocycles. The van der Waals surface area contributed by atoms with E-state index in [4.69, 9.17) is 0 Å². The number of ketones is 1. The van der Waals surface area contributed by atoms with Crippen molar-refractivity contribution in [2.75, 3.05) is 72.7 Å². The summed E-state index contributed by atoms with van der Waals surface area (Å²) in [5, 5.41) is 8.72. The summed E-state index contributed by atoms with van der Waals surface area (Å²) in [4.78, 5) is 68.1. The number of aromatic amines is 1. The molecule has 1 atom stereocenters. The number of piperazine rings is 1. The highest BCUT2D eigenvalue weighted by Crippen LogP contribution is 2.31. The van der Waals surface area contributed by atoms with E-state index in [0.717, 1.165) is 16.4 Å². The molecule has 5 N–H and O–H groups in total. The quantitative estimate of drug-likeness (QED) is 0.0865. The molecule has 3 fully saturated rings. The number of carbonyl (C=O) groups is 4. The molecule has 1 unspecified atom stereocenters. The molecule has 5 aromatic rings. The zero-order chi connectivity index (χ0) is 45.3. The number of anilines is 4. The first-order valence-corrected chi connectivity index (χ1v) is 22.3. The van der Waals surface area contributed by atoms with Gasteiger partial charge in [-0.2, -0.15) is 12.7 Å². The fraction of sp³-hybridized carbons (Fsp3) is 0.349. The standard InChI is InChI=1S/C43H46F3N11O6S/c1-3-54(2)64(62,63)53-33-7-6-31(44)38(39(33)46)40(59)30-24-49-41-29(30)20-26(23-48-41)25-4-10-36(47-22-25)56-16-18-57(19-17-56)43(61)51-27-12-14-55(15-13-27)35-9-5-28(21-32(35)45)50-34-8-11-37(58)52-42(34)60/h4-7,9-10,20-24,27,34,50,53H,3,8,11-19H2,1-2H3,(H,48,49)(H,51,61)(H,52,58,60). The van der Waals surface area contributed by atoms with Crippen molar-refractivity contribution in [2.24, 2.45) is 0 Å². The number of benzene rings is 2. The van der Waals surface area contributed by atoms with Gasteiger partial charge in [-0.15, -0.1) is 0 Å². The lowest BCUT2D eigenvalue weighted by atomic mass is 10.00. The van der Waals surface area contributed by atoms with E-state index in [1.165, 1.54) is 19.3 Å². The van der Waals surface area contributed by atoms with Gasteiger partial charge < -0.3 is 30.3 Å². The summed E-state index contributed by atoms with van der Waals surface area (Å²) in [7, 11) is -2.87. The first-order chi connectivity index (χ1) is 30.7. The summed E-state index contributed by atoms with van der Waals surface area (Å²) in [6.45, 7) is 4.79. The average Bonchev–Trinajstić information content (AvgIpc) is 3.72. The molecule has 336 valence electrons. The van der Waals surface area contributed by atoms with Gasteiger partial charge in [0, 0.05) is 112 Å². The Kier molecular flexibility index (Phi) is 12.5. The number of fused-ring (bicyclic) bond motifs is 1. The smallest absolute Gasteiger partial charge is 0.317 e. The number of H-pyrrole nitrogens is 1. The number of nitrogens with zero attached hydrogens (tertiary/aromatic N) is 6. The van der Waals surface area contributed by atoms with E-state index in [-0.39, 0.29) is 36.5 Å². The molecule has 3 aliphatic rings. The Hall–Kier alpha value is -6.74. The number of piperidine rings is 2. The van der Waals surface area contributed by atoms with Crippen LogP contribution in [-0.4, -0.2) is 121 Å². The van der Waals surface area contributed by atoms with Gasteiger partial charge in [0.25, 0.3) is 0 Å². The highest BCUT2D eigenvalue weighted by molar-refractivity contribution is 7.90. The number of rotatable bonds is 12. The molecule has 3 aliphatic heterocycles. The van der Waals surface area contributed by atoms with E-state index in [9.17, 15) is 27.6 Å². The average molecular weight is 902 g/mol. The lowest BCUT2D eigenvalue weighted by Gasteiger charge is -2.38. The zero-order valence-electron chi connectivity index (χ0n) is 35.0. The molecular formula is C43H46F3N11O6S. The highest BCUT2D eigenvalue weighted by Gasteiger charge is 2.30. The van der Waals surface area contributed by atoms with Crippen LogP contribution in [0.5, 0.6) is 0 Å². The van der Waals surface area contributed by atoms with Gasteiger partial charge in [0.15, 0.2) is 5.82 Å². The van der Waals surface area contributed by atoms with E-state index < -0.39 is 56.6 Å². The van der Waals surface area contributed by atoms with Crippen LogP contribution < -0.4 is 30.5 Å². The Morgan fingerprint density at radius 2 is 1.62 bits per heavy atom. The van der Waals surface area contributed by atoms with Crippen LogP contribution in [0.2, 0.25) is 0 Å². The Labute approximate surface area is 366 Å². The van der Waals surface area contributed by atoms with Crippen LogP contribution in [0.3, 0.4) is 0 Å². The van der Waals surface area contributed by atoms with Crippen molar-refractivity contribution in [1.29, 1.82) is 0 Å². The molecule has 8 rings (SSSR count). The number of carbonyl (C=O) groups excluding carboxylic acids is 4. The van der Waals surface area contributed by atoms with Crippen molar-refractivity contribution in [2.45, 2.75) is 44.7 Å². The fourth-order valence-corrected chi connectivity index (χ4v) is 8.94. The summed E-state index contributed by atoms with van der Waals surface area (Å²) in [6.07, 6.45) is 6.35. The lowest BCUT2D eigenvalue weighted by Crippen LogP contribution is -2.55. The van der Waals surface area contributed by atoms with Gasteiger partial charge >= 0.3 is 16.2 Å². The normalized spacial score (nSPS) is 17.5. The van der Waals surface area contributed by atoms with Crippen LogP contribution in [-0.2, 0) is 19.8 Å². The SMILES string of the molecule is CCN(C)S(=O)(=O)Nc1ccc(F)c(C(=O)c2c[nH]c3ncc(-c4ccc(N5CCN(C(=O)NC6CCN(c7ccc(NC8CCC(=O)NC8=O)cc7F)CC6)CC5)nc4)cc23)c1F. The van der Waals surface area contributed by atoms with Crippen molar-refractivity contribution in [3.05, 3.63) is 95.7 Å². The van der Waals surface area contributed by atoms with Gasteiger partial charge in [0.1, 0.15) is 29.1 Å². The molecule has 0 bridgehead atoms. The second kappa shape index (κ2) is 18.2. The molecule has 17 nitrogen and oxygen atoms in total. The van der Waals surface area contributed by atoms with Gasteiger partial charge in [-0.25, -0.2) is 27.9 Å². The first kappa shape index (κ1) is 43.9. The second-order valence-corrected chi connectivity index (χ2v) is 17.6. The molecule has 64 heavy (non-hydrogen) atoms.